The number of hydrogen-bond acceptors (Lipinski definition) is 6. The Balaban J connectivity index is 2.13. The maximum Gasteiger partial charge on any atom is 0.417 e. The van der Waals surface area contributed by atoms with Gasteiger partial charge in [-0.05, 0) is 17.8 Å². The third-order valence-corrected chi connectivity index (χ3v) is 4.60. The molecule has 1 amide bonds. The van der Waals surface area contributed by atoms with Crippen molar-refractivity contribution in [1.82, 2.24) is 15.2 Å². The zero-order valence-corrected chi connectivity index (χ0v) is 13.3. The van der Waals surface area contributed by atoms with Gasteiger partial charge in [-0.15, -0.1) is 10.2 Å². The van der Waals surface area contributed by atoms with E-state index < -0.39 is 11.7 Å². The molecule has 0 aliphatic carbocycles. The third-order valence-electron chi connectivity index (χ3n) is 2.29. The van der Waals surface area contributed by atoms with Crippen LogP contribution in [0, 0.1) is 0 Å². The lowest BCUT2D eigenvalue weighted by Crippen LogP contribution is -2.08. The molecule has 0 aliphatic rings. The number of carbonyl (C=O) groups excluding carboxylic acids is 1. The normalized spacial score (nSPS) is 11.5. The number of nitrogens with zero attached hydrogens (tertiary/aromatic N) is 3. The first-order chi connectivity index (χ1) is 10.3. The highest BCUT2D eigenvalue weighted by Crippen LogP contribution is 2.37. The molecule has 5 nitrogen and oxygen atoms in total. The predicted molar refractivity (Wildman–Crippen MR) is 77.2 cm³/mol. The minimum absolute atomic E-state index is 0.130. The van der Waals surface area contributed by atoms with Crippen LogP contribution in [0.3, 0.4) is 0 Å². The van der Waals surface area contributed by atoms with Gasteiger partial charge in [0.2, 0.25) is 11.0 Å². The number of aromatic nitrogens is 3. The fourth-order valence-corrected chi connectivity index (χ4v) is 3.17. The standard InChI is InChI=1S/C11H8ClF3N4OS2/c1-2-7(20)17-9-18-19-10(22-9)21-8-6(12)3-5(4-16-8)11(13,14)15/h3-4H,2H2,1H3,(H,17,18,20). The zero-order chi connectivity index (χ0) is 16.3. The number of nitrogens with one attached hydrogen (secondary N) is 1. The van der Waals surface area contributed by atoms with E-state index in [0.717, 1.165) is 29.2 Å². The highest BCUT2D eigenvalue weighted by atomic mass is 35.5. The number of pyridine rings is 1. The maximum absolute atomic E-state index is 12.5. The minimum Gasteiger partial charge on any atom is -0.301 e. The van der Waals surface area contributed by atoms with Crippen LogP contribution in [0.1, 0.15) is 18.9 Å². The zero-order valence-electron chi connectivity index (χ0n) is 10.9. The van der Waals surface area contributed by atoms with Crippen molar-refractivity contribution in [3.8, 4) is 0 Å². The van der Waals surface area contributed by atoms with E-state index in [4.69, 9.17) is 11.6 Å². The van der Waals surface area contributed by atoms with Crippen molar-refractivity contribution in [2.24, 2.45) is 0 Å². The Kier molecular flexibility index (Phi) is 5.24. The van der Waals surface area contributed by atoms with Crippen molar-refractivity contribution in [2.45, 2.75) is 28.9 Å². The topological polar surface area (TPSA) is 67.8 Å². The summed E-state index contributed by atoms with van der Waals surface area (Å²) in [6.45, 7) is 1.69. The Morgan fingerprint density at radius 2 is 2.18 bits per heavy atom. The molecule has 2 aromatic rings. The summed E-state index contributed by atoms with van der Waals surface area (Å²) in [6.07, 6.45) is -3.50. The maximum atomic E-state index is 12.5. The molecule has 118 valence electrons. The van der Waals surface area contributed by atoms with Crippen LogP contribution >= 0.6 is 34.7 Å². The van der Waals surface area contributed by atoms with Crippen LogP contribution in [0.2, 0.25) is 5.02 Å². The van der Waals surface area contributed by atoms with Gasteiger partial charge < -0.3 is 5.32 Å². The van der Waals surface area contributed by atoms with Gasteiger partial charge in [-0.25, -0.2) is 4.98 Å². The second-order valence-corrected chi connectivity index (χ2v) is 6.51. The summed E-state index contributed by atoms with van der Waals surface area (Å²) in [5.74, 6) is -0.210. The molecule has 0 saturated carbocycles. The molecule has 2 heterocycles. The molecule has 0 aliphatic heterocycles. The third kappa shape index (κ3) is 4.31. The first kappa shape index (κ1) is 17.0. The first-order valence-corrected chi connectivity index (χ1v) is 7.84. The van der Waals surface area contributed by atoms with E-state index in [2.05, 4.69) is 20.5 Å². The fraction of sp³-hybridized carbons (Fsp3) is 0.273. The van der Waals surface area contributed by atoms with Crippen LogP contribution < -0.4 is 5.32 Å². The highest BCUT2D eigenvalue weighted by Gasteiger charge is 2.31. The Hall–Kier alpha value is -1.39. The number of carbonyl (C=O) groups is 1. The van der Waals surface area contributed by atoms with Crippen molar-refractivity contribution < 1.29 is 18.0 Å². The Bertz CT molecular complexity index is 692. The van der Waals surface area contributed by atoms with E-state index in [-0.39, 0.29) is 16.0 Å². The summed E-state index contributed by atoms with van der Waals surface area (Å²) in [5.41, 5.74) is -0.921. The van der Waals surface area contributed by atoms with Crippen LogP contribution in [0.5, 0.6) is 0 Å². The molecular weight excluding hydrogens is 361 g/mol. The Morgan fingerprint density at radius 1 is 1.45 bits per heavy atom. The smallest absolute Gasteiger partial charge is 0.301 e. The highest BCUT2D eigenvalue weighted by molar-refractivity contribution is 8.01. The molecule has 0 saturated heterocycles. The summed E-state index contributed by atoms with van der Waals surface area (Å²) in [4.78, 5) is 14.9. The molecule has 0 bridgehead atoms. The molecule has 2 rings (SSSR count). The monoisotopic (exact) mass is 368 g/mol. The SMILES string of the molecule is CCC(=O)Nc1nnc(Sc2ncc(C(F)(F)F)cc2Cl)s1. The number of anilines is 1. The van der Waals surface area contributed by atoms with Gasteiger partial charge in [-0.2, -0.15) is 13.2 Å². The molecule has 0 atom stereocenters. The Morgan fingerprint density at radius 3 is 2.77 bits per heavy atom. The van der Waals surface area contributed by atoms with Crippen LogP contribution in [0.15, 0.2) is 21.6 Å². The molecular formula is C11H8ClF3N4OS2. The van der Waals surface area contributed by atoms with E-state index >= 15 is 0 Å². The van der Waals surface area contributed by atoms with Crippen molar-refractivity contribution >= 4 is 45.7 Å². The molecule has 2 aromatic heterocycles. The summed E-state index contributed by atoms with van der Waals surface area (Å²) >= 11 is 7.85. The van der Waals surface area contributed by atoms with Gasteiger partial charge >= 0.3 is 6.18 Å². The lowest BCUT2D eigenvalue weighted by molar-refractivity contribution is -0.137. The van der Waals surface area contributed by atoms with Gasteiger partial charge in [0.15, 0.2) is 4.34 Å². The van der Waals surface area contributed by atoms with Crippen molar-refractivity contribution in [3.63, 3.8) is 0 Å². The molecule has 11 heteroatoms. The van der Waals surface area contributed by atoms with Gasteiger partial charge in [-0.1, -0.05) is 29.9 Å². The summed E-state index contributed by atoms with van der Waals surface area (Å²) in [6, 6.07) is 0.803. The van der Waals surface area contributed by atoms with Gasteiger partial charge in [0.1, 0.15) is 5.03 Å². The number of rotatable bonds is 4. The van der Waals surface area contributed by atoms with E-state index in [1.807, 2.05) is 0 Å². The van der Waals surface area contributed by atoms with E-state index in [1.165, 1.54) is 0 Å². The second-order valence-electron chi connectivity index (χ2n) is 3.89. The van der Waals surface area contributed by atoms with Crippen LogP contribution in [-0.2, 0) is 11.0 Å². The molecule has 22 heavy (non-hydrogen) atoms. The van der Waals surface area contributed by atoms with E-state index in [9.17, 15) is 18.0 Å². The number of halogens is 4. The van der Waals surface area contributed by atoms with Gasteiger partial charge in [0, 0.05) is 12.6 Å². The summed E-state index contributed by atoms with van der Waals surface area (Å²) < 4.78 is 38.0. The molecule has 1 N–H and O–H groups in total. The quantitative estimate of drug-likeness (QED) is 0.823. The van der Waals surface area contributed by atoms with Crippen LogP contribution in [-0.4, -0.2) is 21.1 Å². The van der Waals surface area contributed by atoms with Gasteiger partial charge in [0.05, 0.1) is 10.6 Å². The molecule has 0 radical (unpaired) electrons. The lowest BCUT2D eigenvalue weighted by Gasteiger charge is -2.07. The molecule has 0 unspecified atom stereocenters. The Labute approximate surface area is 136 Å². The average molecular weight is 369 g/mol. The number of alkyl halides is 3. The first-order valence-electron chi connectivity index (χ1n) is 5.83. The molecule has 0 aromatic carbocycles. The van der Waals surface area contributed by atoms with Crippen LogP contribution in [0.25, 0.3) is 0 Å². The lowest BCUT2D eigenvalue weighted by atomic mass is 10.3. The summed E-state index contributed by atoms with van der Waals surface area (Å²) in [7, 11) is 0. The van der Waals surface area contributed by atoms with Crippen molar-refractivity contribution in [2.75, 3.05) is 5.32 Å². The van der Waals surface area contributed by atoms with Crippen molar-refractivity contribution in [1.29, 1.82) is 0 Å². The molecule has 0 fully saturated rings. The van der Waals surface area contributed by atoms with E-state index in [0.29, 0.717) is 22.1 Å². The van der Waals surface area contributed by atoms with Gasteiger partial charge in [-0.3, -0.25) is 4.79 Å². The number of hydrogen-bond donors (Lipinski definition) is 1. The van der Waals surface area contributed by atoms with Crippen molar-refractivity contribution in [3.05, 3.63) is 22.8 Å². The average Bonchev–Trinajstić information content (AvgIpc) is 2.87. The summed E-state index contributed by atoms with van der Waals surface area (Å²) in [5, 5.41) is 10.4. The van der Waals surface area contributed by atoms with Gasteiger partial charge in [0.25, 0.3) is 0 Å². The van der Waals surface area contributed by atoms with Crippen LogP contribution in [0.4, 0.5) is 18.3 Å². The fourth-order valence-electron chi connectivity index (χ4n) is 1.25. The number of amides is 1. The second kappa shape index (κ2) is 6.80. The van der Waals surface area contributed by atoms with E-state index in [1.54, 1.807) is 6.92 Å². The minimum atomic E-state index is -4.50. The largest absolute Gasteiger partial charge is 0.417 e. The predicted octanol–water partition coefficient (Wildman–Crippen LogP) is 4.11. The molecule has 0 spiro atoms.